The molecule has 30 heavy (non-hydrogen) atoms. The summed E-state index contributed by atoms with van der Waals surface area (Å²) in [6, 6.07) is 10.1. The first-order chi connectivity index (χ1) is 14.3. The number of nitrogens with zero attached hydrogens (tertiary/aromatic N) is 2. The van der Waals surface area contributed by atoms with Crippen molar-refractivity contribution in [3.05, 3.63) is 69.8 Å². The highest BCUT2D eigenvalue weighted by atomic mass is 35.5. The Balaban J connectivity index is 1.54. The van der Waals surface area contributed by atoms with E-state index in [1.54, 1.807) is 16.8 Å². The predicted molar refractivity (Wildman–Crippen MR) is 114 cm³/mol. The monoisotopic (exact) mass is 426 g/mol. The van der Waals surface area contributed by atoms with Gasteiger partial charge in [0.05, 0.1) is 23.5 Å². The van der Waals surface area contributed by atoms with Gasteiger partial charge in [0.15, 0.2) is 0 Å². The summed E-state index contributed by atoms with van der Waals surface area (Å²) in [7, 11) is 0. The lowest BCUT2D eigenvalue weighted by atomic mass is 10.0. The third-order valence-corrected chi connectivity index (χ3v) is 5.46. The number of hydrogen-bond donors (Lipinski definition) is 2. The summed E-state index contributed by atoms with van der Waals surface area (Å²) >= 11 is 5.95. The van der Waals surface area contributed by atoms with Crippen LogP contribution in [0.4, 0.5) is 15.8 Å². The van der Waals surface area contributed by atoms with Gasteiger partial charge in [-0.05, 0) is 62.2 Å². The third kappa shape index (κ3) is 3.93. The summed E-state index contributed by atoms with van der Waals surface area (Å²) in [6.07, 6.45) is 0.858. The van der Waals surface area contributed by atoms with Gasteiger partial charge < -0.3 is 10.6 Å². The zero-order valence-electron chi connectivity index (χ0n) is 16.6. The second-order valence-corrected chi connectivity index (χ2v) is 7.74. The van der Waals surface area contributed by atoms with E-state index in [9.17, 15) is 14.0 Å². The molecule has 0 unspecified atom stereocenters. The Hall–Kier alpha value is -3.19. The number of carbonyl (C=O) groups is 2. The van der Waals surface area contributed by atoms with E-state index in [1.165, 1.54) is 12.1 Å². The average molecular weight is 427 g/mol. The lowest BCUT2D eigenvalue weighted by molar-refractivity contribution is -0.116. The smallest absolute Gasteiger partial charge is 0.229 e. The summed E-state index contributed by atoms with van der Waals surface area (Å²) in [4.78, 5) is 24.2. The van der Waals surface area contributed by atoms with Crippen LogP contribution in [0.1, 0.15) is 28.9 Å². The SMILES string of the molecule is Cc1nn(-c2ccc(Cl)cc2)c(C)c1CC(=O)Nc1cc2c(cc1F)CCC(=O)N2. The van der Waals surface area contributed by atoms with Crippen LogP contribution in [-0.2, 0) is 22.4 Å². The average Bonchev–Trinajstić information content (AvgIpc) is 2.98. The lowest BCUT2D eigenvalue weighted by Crippen LogP contribution is -2.21. The Morgan fingerprint density at radius 2 is 1.97 bits per heavy atom. The van der Waals surface area contributed by atoms with E-state index in [4.69, 9.17) is 11.6 Å². The number of carbonyl (C=O) groups excluding carboxylic acids is 2. The molecule has 3 aromatic rings. The zero-order chi connectivity index (χ0) is 21.4. The van der Waals surface area contributed by atoms with Crippen molar-refractivity contribution in [1.29, 1.82) is 0 Å². The van der Waals surface area contributed by atoms with Gasteiger partial charge in [0.2, 0.25) is 11.8 Å². The molecule has 1 aromatic heterocycles. The van der Waals surface area contributed by atoms with Gasteiger partial charge in [-0.25, -0.2) is 9.07 Å². The molecule has 1 aliphatic rings. The van der Waals surface area contributed by atoms with Crippen molar-refractivity contribution in [2.24, 2.45) is 0 Å². The van der Waals surface area contributed by atoms with Crippen LogP contribution in [-0.4, -0.2) is 21.6 Å². The molecule has 2 amide bonds. The van der Waals surface area contributed by atoms with E-state index in [1.807, 2.05) is 26.0 Å². The van der Waals surface area contributed by atoms with Crippen molar-refractivity contribution in [3.63, 3.8) is 0 Å². The number of anilines is 2. The molecule has 0 radical (unpaired) electrons. The number of amides is 2. The molecular weight excluding hydrogens is 407 g/mol. The van der Waals surface area contributed by atoms with Gasteiger partial charge in [-0.1, -0.05) is 11.6 Å². The van der Waals surface area contributed by atoms with E-state index in [-0.39, 0.29) is 23.9 Å². The van der Waals surface area contributed by atoms with Crippen LogP contribution in [0.15, 0.2) is 36.4 Å². The molecule has 0 bridgehead atoms. The first-order valence-corrected chi connectivity index (χ1v) is 9.93. The molecule has 0 saturated heterocycles. The van der Waals surface area contributed by atoms with Crippen molar-refractivity contribution in [3.8, 4) is 5.69 Å². The molecule has 1 aliphatic heterocycles. The Labute approximate surface area is 178 Å². The first-order valence-electron chi connectivity index (χ1n) is 9.55. The summed E-state index contributed by atoms with van der Waals surface area (Å²) in [5.74, 6) is -1.01. The van der Waals surface area contributed by atoms with E-state index in [0.717, 1.165) is 28.2 Å². The fourth-order valence-corrected chi connectivity index (χ4v) is 3.74. The second kappa shape index (κ2) is 7.91. The summed E-state index contributed by atoms with van der Waals surface area (Å²) < 4.78 is 16.2. The molecule has 2 aromatic carbocycles. The van der Waals surface area contributed by atoms with Crippen molar-refractivity contribution in [2.45, 2.75) is 33.1 Å². The summed E-state index contributed by atoms with van der Waals surface area (Å²) in [5.41, 5.74) is 4.45. The van der Waals surface area contributed by atoms with Gasteiger partial charge in [0.1, 0.15) is 5.82 Å². The maximum absolute atomic E-state index is 14.4. The van der Waals surface area contributed by atoms with Gasteiger partial charge in [0.25, 0.3) is 0 Å². The topological polar surface area (TPSA) is 76.0 Å². The normalized spacial score (nSPS) is 13.0. The van der Waals surface area contributed by atoms with Crippen molar-refractivity contribution < 1.29 is 14.0 Å². The largest absolute Gasteiger partial charge is 0.326 e. The number of hydrogen-bond acceptors (Lipinski definition) is 3. The molecular formula is C22H20ClFN4O2. The van der Waals surface area contributed by atoms with Crippen LogP contribution in [0.5, 0.6) is 0 Å². The maximum atomic E-state index is 14.4. The standard InChI is InChI=1S/C22H20ClFN4O2/c1-12-17(13(2)28(27-12)16-6-4-15(23)5-7-16)10-22(30)26-20-11-19-14(9-18(20)24)3-8-21(29)25-19/h4-7,9,11H,3,8,10H2,1-2H3,(H,25,29)(H,26,30). The molecule has 154 valence electrons. The molecule has 8 heteroatoms. The number of aryl methyl sites for hydroxylation is 2. The number of rotatable bonds is 4. The fraction of sp³-hybridized carbons (Fsp3) is 0.227. The molecule has 2 heterocycles. The maximum Gasteiger partial charge on any atom is 0.229 e. The van der Waals surface area contributed by atoms with Crippen LogP contribution in [0.2, 0.25) is 5.02 Å². The van der Waals surface area contributed by atoms with Gasteiger partial charge in [-0.3, -0.25) is 9.59 Å². The van der Waals surface area contributed by atoms with Crippen LogP contribution in [0.3, 0.4) is 0 Å². The van der Waals surface area contributed by atoms with Gasteiger partial charge in [-0.15, -0.1) is 0 Å². The van der Waals surface area contributed by atoms with E-state index >= 15 is 0 Å². The number of fused-ring (bicyclic) bond motifs is 1. The van der Waals surface area contributed by atoms with E-state index < -0.39 is 5.82 Å². The summed E-state index contributed by atoms with van der Waals surface area (Å²) in [6.45, 7) is 3.71. The van der Waals surface area contributed by atoms with E-state index in [0.29, 0.717) is 23.6 Å². The number of halogens is 2. The van der Waals surface area contributed by atoms with Crippen LogP contribution < -0.4 is 10.6 Å². The van der Waals surface area contributed by atoms with Gasteiger partial charge >= 0.3 is 0 Å². The quantitative estimate of drug-likeness (QED) is 0.651. The molecule has 0 spiro atoms. The van der Waals surface area contributed by atoms with Gasteiger partial charge in [-0.2, -0.15) is 5.10 Å². The highest BCUT2D eigenvalue weighted by Gasteiger charge is 2.20. The Kier molecular flexibility index (Phi) is 5.30. The van der Waals surface area contributed by atoms with Gasteiger partial charge in [0, 0.05) is 28.4 Å². The van der Waals surface area contributed by atoms with E-state index in [2.05, 4.69) is 15.7 Å². The van der Waals surface area contributed by atoms with Crippen molar-refractivity contribution in [2.75, 3.05) is 10.6 Å². The van der Waals surface area contributed by atoms with Crippen LogP contribution >= 0.6 is 11.6 Å². The van der Waals surface area contributed by atoms with Crippen molar-refractivity contribution in [1.82, 2.24) is 9.78 Å². The summed E-state index contributed by atoms with van der Waals surface area (Å²) in [5, 5.41) is 10.5. The third-order valence-electron chi connectivity index (χ3n) is 5.21. The predicted octanol–water partition coefficient (Wildman–Crippen LogP) is 4.35. The number of aromatic nitrogens is 2. The molecule has 0 fully saturated rings. The lowest BCUT2D eigenvalue weighted by Gasteiger charge is -2.18. The highest BCUT2D eigenvalue weighted by Crippen LogP contribution is 2.29. The minimum absolute atomic E-state index is 0.0429. The minimum atomic E-state index is -0.524. The molecule has 6 nitrogen and oxygen atoms in total. The molecule has 2 N–H and O–H groups in total. The molecule has 0 saturated carbocycles. The number of nitrogens with one attached hydrogen (secondary N) is 2. The van der Waals surface area contributed by atoms with Crippen LogP contribution in [0.25, 0.3) is 5.69 Å². The van der Waals surface area contributed by atoms with Crippen molar-refractivity contribution >= 4 is 34.8 Å². The first kappa shape index (κ1) is 20.1. The Bertz CT molecular complexity index is 1150. The number of benzene rings is 2. The molecule has 0 atom stereocenters. The second-order valence-electron chi connectivity index (χ2n) is 7.30. The fourth-order valence-electron chi connectivity index (χ4n) is 3.61. The Morgan fingerprint density at radius 3 is 2.70 bits per heavy atom. The molecule has 0 aliphatic carbocycles. The highest BCUT2D eigenvalue weighted by molar-refractivity contribution is 6.30. The van der Waals surface area contributed by atoms with Crippen LogP contribution in [0, 0.1) is 19.7 Å². The molecule has 4 rings (SSSR count). The zero-order valence-corrected chi connectivity index (χ0v) is 17.3. The Morgan fingerprint density at radius 1 is 1.23 bits per heavy atom. The minimum Gasteiger partial charge on any atom is -0.326 e.